The number of pyridine rings is 1. The molecule has 0 aliphatic heterocycles. The summed E-state index contributed by atoms with van der Waals surface area (Å²) in [6.07, 6.45) is 1.27. The molecule has 7 heteroatoms. The number of aromatic nitrogens is 1. The lowest BCUT2D eigenvalue weighted by Crippen LogP contribution is -2.49. The van der Waals surface area contributed by atoms with Crippen LogP contribution in [0.4, 0.5) is 0 Å². The standard InChI is InChI=1S/C11H16N4O2.ClH/c1-11(2,6-12)15-10(17)8-4-3-7(5-14-8)9(13)16;/h3-5H,6,12H2,1-2H3,(H2,13,16)(H,15,17);1H. The molecular weight excluding hydrogens is 256 g/mol. The highest BCUT2D eigenvalue weighted by Crippen LogP contribution is 2.03. The van der Waals surface area contributed by atoms with Crippen LogP contribution in [0.1, 0.15) is 34.7 Å². The van der Waals surface area contributed by atoms with Crippen molar-refractivity contribution >= 4 is 24.2 Å². The van der Waals surface area contributed by atoms with Crippen LogP contribution in [0, 0.1) is 0 Å². The van der Waals surface area contributed by atoms with Gasteiger partial charge in [-0.15, -0.1) is 12.4 Å². The van der Waals surface area contributed by atoms with Crippen molar-refractivity contribution in [3.8, 4) is 0 Å². The summed E-state index contributed by atoms with van der Waals surface area (Å²) in [4.78, 5) is 26.4. The molecule has 6 nitrogen and oxygen atoms in total. The highest BCUT2D eigenvalue weighted by Gasteiger charge is 2.19. The molecule has 5 N–H and O–H groups in total. The first-order chi connectivity index (χ1) is 7.85. The second-order valence-corrected chi connectivity index (χ2v) is 4.34. The van der Waals surface area contributed by atoms with Crippen molar-refractivity contribution in [1.29, 1.82) is 0 Å². The van der Waals surface area contributed by atoms with Crippen LogP contribution in [0.2, 0.25) is 0 Å². The minimum atomic E-state index is -0.577. The Morgan fingerprint density at radius 1 is 1.39 bits per heavy atom. The molecule has 0 aromatic carbocycles. The maximum absolute atomic E-state index is 11.8. The number of rotatable bonds is 4. The predicted molar refractivity (Wildman–Crippen MR) is 70.6 cm³/mol. The molecule has 1 rings (SSSR count). The van der Waals surface area contributed by atoms with E-state index in [0.29, 0.717) is 6.54 Å². The van der Waals surface area contributed by atoms with E-state index in [2.05, 4.69) is 10.3 Å². The van der Waals surface area contributed by atoms with E-state index in [9.17, 15) is 9.59 Å². The van der Waals surface area contributed by atoms with E-state index in [1.165, 1.54) is 18.3 Å². The van der Waals surface area contributed by atoms with Crippen molar-refractivity contribution < 1.29 is 9.59 Å². The summed E-state index contributed by atoms with van der Waals surface area (Å²) in [5.74, 6) is -0.914. The molecule has 0 atom stereocenters. The third-order valence-corrected chi connectivity index (χ3v) is 2.24. The van der Waals surface area contributed by atoms with Crippen molar-refractivity contribution in [2.75, 3.05) is 6.54 Å². The monoisotopic (exact) mass is 272 g/mol. The third kappa shape index (κ3) is 4.31. The summed E-state index contributed by atoms with van der Waals surface area (Å²) >= 11 is 0. The summed E-state index contributed by atoms with van der Waals surface area (Å²) < 4.78 is 0. The lowest BCUT2D eigenvalue weighted by molar-refractivity contribution is 0.0908. The second kappa shape index (κ2) is 6.32. The number of hydrogen-bond acceptors (Lipinski definition) is 4. The summed E-state index contributed by atoms with van der Waals surface area (Å²) in [5, 5.41) is 2.73. The average Bonchev–Trinajstić information content (AvgIpc) is 2.28. The van der Waals surface area contributed by atoms with Crippen LogP contribution in [0.15, 0.2) is 18.3 Å². The maximum Gasteiger partial charge on any atom is 0.270 e. The number of carbonyl (C=O) groups is 2. The van der Waals surface area contributed by atoms with Crippen LogP contribution in [0.25, 0.3) is 0 Å². The molecule has 1 heterocycles. The highest BCUT2D eigenvalue weighted by atomic mass is 35.5. The molecule has 1 aromatic heterocycles. The fourth-order valence-electron chi connectivity index (χ4n) is 1.10. The van der Waals surface area contributed by atoms with E-state index in [-0.39, 0.29) is 29.6 Å². The molecule has 0 radical (unpaired) electrons. The van der Waals surface area contributed by atoms with E-state index in [0.717, 1.165) is 0 Å². The molecule has 0 fully saturated rings. The van der Waals surface area contributed by atoms with Crippen molar-refractivity contribution in [3.05, 3.63) is 29.6 Å². The number of carbonyl (C=O) groups excluding carboxylic acids is 2. The Balaban J connectivity index is 0.00000289. The minimum Gasteiger partial charge on any atom is -0.366 e. The number of nitrogens with zero attached hydrogens (tertiary/aromatic N) is 1. The first-order valence-corrected chi connectivity index (χ1v) is 5.14. The van der Waals surface area contributed by atoms with Crippen LogP contribution in [0.3, 0.4) is 0 Å². The molecule has 0 unspecified atom stereocenters. The predicted octanol–water partition coefficient (Wildman–Crippen LogP) is 0.0694. The maximum atomic E-state index is 11.8. The molecule has 2 amide bonds. The summed E-state index contributed by atoms with van der Waals surface area (Å²) in [6.45, 7) is 3.93. The first-order valence-electron chi connectivity index (χ1n) is 5.14. The number of primary amides is 1. The topological polar surface area (TPSA) is 111 Å². The highest BCUT2D eigenvalue weighted by molar-refractivity contribution is 5.95. The van der Waals surface area contributed by atoms with Gasteiger partial charge in [0.25, 0.3) is 5.91 Å². The van der Waals surface area contributed by atoms with Crippen LogP contribution < -0.4 is 16.8 Å². The van der Waals surface area contributed by atoms with Crippen LogP contribution in [-0.4, -0.2) is 28.9 Å². The normalized spacial score (nSPS) is 10.4. The van der Waals surface area contributed by atoms with Gasteiger partial charge >= 0.3 is 0 Å². The molecule has 100 valence electrons. The summed E-state index contributed by atoms with van der Waals surface area (Å²) in [7, 11) is 0. The molecule has 0 bridgehead atoms. The number of nitrogens with one attached hydrogen (secondary N) is 1. The number of halogens is 1. The van der Waals surface area contributed by atoms with Gasteiger partial charge in [-0.25, -0.2) is 0 Å². The molecule has 0 aliphatic carbocycles. The molecule has 0 spiro atoms. The molecule has 18 heavy (non-hydrogen) atoms. The van der Waals surface area contributed by atoms with Crippen LogP contribution in [-0.2, 0) is 0 Å². The molecule has 0 aliphatic rings. The van der Waals surface area contributed by atoms with Gasteiger partial charge in [0.1, 0.15) is 5.69 Å². The zero-order chi connectivity index (χ0) is 13.1. The van der Waals surface area contributed by atoms with Crippen molar-refractivity contribution in [2.45, 2.75) is 19.4 Å². The van der Waals surface area contributed by atoms with Gasteiger partial charge in [0.05, 0.1) is 5.56 Å². The van der Waals surface area contributed by atoms with Crippen molar-refractivity contribution in [3.63, 3.8) is 0 Å². The van der Waals surface area contributed by atoms with Crippen molar-refractivity contribution in [1.82, 2.24) is 10.3 Å². The fraction of sp³-hybridized carbons (Fsp3) is 0.364. The van der Waals surface area contributed by atoms with E-state index in [1.54, 1.807) is 0 Å². The Morgan fingerprint density at radius 3 is 2.39 bits per heavy atom. The Bertz CT molecular complexity index is 431. The minimum absolute atomic E-state index is 0. The Labute approximate surface area is 112 Å². The van der Waals surface area contributed by atoms with Gasteiger partial charge in [0, 0.05) is 18.3 Å². The van der Waals surface area contributed by atoms with Gasteiger partial charge < -0.3 is 16.8 Å². The van der Waals surface area contributed by atoms with Gasteiger partial charge in [-0.1, -0.05) is 0 Å². The van der Waals surface area contributed by atoms with Gasteiger partial charge in [0.15, 0.2) is 0 Å². The third-order valence-electron chi connectivity index (χ3n) is 2.24. The molecule has 1 aromatic rings. The first kappa shape index (κ1) is 16.3. The molecular formula is C11H17ClN4O2. The van der Waals surface area contributed by atoms with Gasteiger partial charge in [-0.3, -0.25) is 14.6 Å². The van der Waals surface area contributed by atoms with E-state index in [4.69, 9.17) is 11.5 Å². The zero-order valence-electron chi connectivity index (χ0n) is 10.3. The Hall–Kier alpha value is -1.66. The Morgan fingerprint density at radius 2 is 2.00 bits per heavy atom. The van der Waals surface area contributed by atoms with E-state index in [1.807, 2.05) is 13.8 Å². The van der Waals surface area contributed by atoms with Crippen LogP contribution >= 0.6 is 12.4 Å². The summed E-state index contributed by atoms with van der Waals surface area (Å²) in [5.41, 5.74) is 10.6. The molecule has 0 saturated carbocycles. The molecule has 0 saturated heterocycles. The quantitative estimate of drug-likeness (QED) is 0.720. The van der Waals surface area contributed by atoms with Gasteiger partial charge in [-0.05, 0) is 26.0 Å². The van der Waals surface area contributed by atoms with Crippen molar-refractivity contribution in [2.24, 2.45) is 11.5 Å². The lowest BCUT2D eigenvalue weighted by atomic mass is 10.1. The average molecular weight is 273 g/mol. The van der Waals surface area contributed by atoms with E-state index >= 15 is 0 Å². The largest absolute Gasteiger partial charge is 0.366 e. The Kier molecular flexibility index (Phi) is 5.74. The lowest BCUT2D eigenvalue weighted by Gasteiger charge is -2.23. The number of hydrogen-bond donors (Lipinski definition) is 3. The SMILES string of the molecule is CC(C)(CN)NC(=O)c1ccc(C(N)=O)cn1.Cl. The van der Waals surface area contributed by atoms with E-state index < -0.39 is 11.4 Å². The zero-order valence-corrected chi connectivity index (χ0v) is 11.1. The van der Waals surface area contributed by atoms with Crippen LogP contribution in [0.5, 0.6) is 0 Å². The number of nitrogens with two attached hydrogens (primary N) is 2. The van der Waals surface area contributed by atoms with Gasteiger partial charge in [-0.2, -0.15) is 0 Å². The van der Waals surface area contributed by atoms with Gasteiger partial charge in [0.2, 0.25) is 5.91 Å². The summed E-state index contributed by atoms with van der Waals surface area (Å²) in [6, 6.07) is 2.90. The number of amides is 2. The fourth-order valence-corrected chi connectivity index (χ4v) is 1.10. The smallest absolute Gasteiger partial charge is 0.270 e. The second-order valence-electron chi connectivity index (χ2n) is 4.34.